The molecule has 0 aliphatic heterocycles. The summed E-state index contributed by atoms with van der Waals surface area (Å²) in [7, 11) is 0. The van der Waals surface area contributed by atoms with E-state index >= 15 is 0 Å². The maximum Gasteiger partial charge on any atom is 0.120 e. The molecule has 1 unspecified atom stereocenters. The number of hydrogen-bond donors (Lipinski definition) is 1. The highest BCUT2D eigenvalue weighted by Crippen LogP contribution is 2.31. The van der Waals surface area contributed by atoms with Crippen molar-refractivity contribution in [1.82, 2.24) is 5.32 Å². The minimum Gasteiger partial charge on any atom is -0.493 e. The molecule has 0 spiro atoms. The molecule has 1 fully saturated rings. The van der Waals surface area contributed by atoms with Gasteiger partial charge in [0.1, 0.15) is 5.75 Å². The van der Waals surface area contributed by atoms with E-state index in [0.29, 0.717) is 0 Å². The van der Waals surface area contributed by atoms with Gasteiger partial charge in [0.25, 0.3) is 0 Å². The van der Waals surface area contributed by atoms with E-state index in [1.165, 1.54) is 12.8 Å². The zero-order chi connectivity index (χ0) is 12.3. The molecule has 94 valence electrons. The molecule has 2 nitrogen and oxygen atoms in total. The lowest BCUT2D eigenvalue weighted by atomic mass is 10.1. The van der Waals surface area contributed by atoms with E-state index < -0.39 is 0 Å². The largest absolute Gasteiger partial charge is 0.493 e. The van der Waals surface area contributed by atoms with E-state index in [2.05, 4.69) is 25.2 Å². The summed E-state index contributed by atoms with van der Waals surface area (Å²) >= 11 is 6.27. The van der Waals surface area contributed by atoms with Crippen molar-refractivity contribution in [3.63, 3.8) is 0 Å². The van der Waals surface area contributed by atoms with Gasteiger partial charge in [-0.2, -0.15) is 0 Å². The van der Waals surface area contributed by atoms with Gasteiger partial charge in [-0.15, -0.1) is 0 Å². The van der Waals surface area contributed by atoms with Gasteiger partial charge >= 0.3 is 0 Å². The fourth-order valence-electron chi connectivity index (χ4n) is 1.86. The number of rotatable bonds is 6. The highest BCUT2D eigenvalue weighted by atomic mass is 35.5. The zero-order valence-electron chi connectivity index (χ0n) is 10.5. The average Bonchev–Trinajstić information content (AvgIpc) is 3.10. The van der Waals surface area contributed by atoms with Crippen LogP contribution in [0.15, 0.2) is 18.2 Å². The van der Waals surface area contributed by atoms with Gasteiger partial charge in [-0.05, 0) is 49.9 Å². The second-order valence-electron chi connectivity index (χ2n) is 4.72. The van der Waals surface area contributed by atoms with Crippen LogP contribution in [-0.4, -0.2) is 13.2 Å². The molecule has 2 rings (SSSR count). The Hall–Kier alpha value is -0.730. The van der Waals surface area contributed by atoms with E-state index in [1.54, 1.807) is 0 Å². The van der Waals surface area contributed by atoms with Crippen molar-refractivity contribution >= 4 is 11.6 Å². The minimum absolute atomic E-state index is 0.282. The van der Waals surface area contributed by atoms with Crippen LogP contribution in [0.1, 0.15) is 38.3 Å². The highest BCUT2D eigenvalue weighted by molar-refractivity contribution is 6.31. The minimum atomic E-state index is 0.282. The second-order valence-corrected chi connectivity index (χ2v) is 5.12. The third-order valence-corrected chi connectivity index (χ3v) is 3.46. The van der Waals surface area contributed by atoms with Crippen LogP contribution < -0.4 is 10.1 Å². The van der Waals surface area contributed by atoms with E-state index in [4.69, 9.17) is 16.3 Å². The molecule has 1 aliphatic rings. The topological polar surface area (TPSA) is 21.3 Å². The Labute approximate surface area is 108 Å². The van der Waals surface area contributed by atoms with Crippen molar-refractivity contribution in [3.8, 4) is 5.75 Å². The Morgan fingerprint density at radius 3 is 2.82 bits per heavy atom. The zero-order valence-corrected chi connectivity index (χ0v) is 11.3. The first-order valence-corrected chi connectivity index (χ1v) is 6.74. The van der Waals surface area contributed by atoms with Crippen LogP contribution in [0.25, 0.3) is 0 Å². The van der Waals surface area contributed by atoms with Crippen LogP contribution >= 0.6 is 11.6 Å². The SMILES string of the molecule is CCNC(C)c1ccc(OCC2CC2)cc1Cl. The summed E-state index contributed by atoms with van der Waals surface area (Å²) in [4.78, 5) is 0. The molecule has 1 saturated carbocycles. The Kier molecular flexibility index (Phi) is 4.30. The molecule has 1 aliphatic carbocycles. The van der Waals surface area contributed by atoms with Gasteiger partial charge in [0.15, 0.2) is 0 Å². The first kappa shape index (κ1) is 12.7. The maximum absolute atomic E-state index is 6.27. The van der Waals surface area contributed by atoms with Crippen molar-refractivity contribution in [2.75, 3.05) is 13.2 Å². The van der Waals surface area contributed by atoms with E-state index in [1.807, 2.05) is 12.1 Å². The van der Waals surface area contributed by atoms with E-state index in [9.17, 15) is 0 Å². The Balaban J connectivity index is 1.99. The van der Waals surface area contributed by atoms with Gasteiger partial charge in [-0.25, -0.2) is 0 Å². The summed E-state index contributed by atoms with van der Waals surface area (Å²) in [5.74, 6) is 1.66. The molecule has 3 heteroatoms. The van der Waals surface area contributed by atoms with Crippen LogP contribution in [0.2, 0.25) is 5.02 Å². The molecule has 1 aromatic carbocycles. The van der Waals surface area contributed by atoms with Crippen LogP contribution in [0, 0.1) is 5.92 Å². The number of benzene rings is 1. The number of nitrogens with one attached hydrogen (secondary N) is 1. The summed E-state index contributed by atoms with van der Waals surface area (Å²) in [6, 6.07) is 6.27. The highest BCUT2D eigenvalue weighted by Gasteiger charge is 2.22. The quantitative estimate of drug-likeness (QED) is 0.833. The summed E-state index contributed by atoms with van der Waals surface area (Å²) < 4.78 is 5.70. The third kappa shape index (κ3) is 3.62. The van der Waals surface area contributed by atoms with Gasteiger partial charge in [-0.3, -0.25) is 0 Å². The first-order valence-electron chi connectivity index (χ1n) is 6.36. The maximum atomic E-state index is 6.27. The van der Waals surface area contributed by atoms with Crippen LogP contribution in [0.3, 0.4) is 0 Å². The van der Waals surface area contributed by atoms with Gasteiger partial charge < -0.3 is 10.1 Å². The smallest absolute Gasteiger partial charge is 0.120 e. The summed E-state index contributed by atoms with van der Waals surface area (Å²) in [6.07, 6.45) is 2.62. The molecule has 1 aromatic rings. The Bertz CT molecular complexity index is 376. The van der Waals surface area contributed by atoms with Gasteiger partial charge in [0, 0.05) is 11.1 Å². The van der Waals surface area contributed by atoms with Crippen LogP contribution in [0.5, 0.6) is 5.75 Å². The predicted molar refractivity (Wildman–Crippen MR) is 71.8 cm³/mol. The first-order chi connectivity index (χ1) is 8.20. The molecular formula is C14H20ClNO. The number of halogens is 1. The standard InChI is InChI=1S/C14H20ClNO/c1-3-16-10(2)13-7-6-12(8-14(13)15)17-9-11-4-5-11/h6-8,10-11,16H,3-5,9H2,1-2H3. The molecule has 0 aromatic heterocycles. The summed E-state index contributed by atoms with van der Waals surface area (Å²) in [5.41, 5.74) is 1.13. The molecule has 1 atom stereocenters. The fraction of sp³-hybridized carbons (Fsp3) is 0.571. The predicted octanol–water partition coefficient (Wildman–Crippen LogP) is 3.80. The summed E-state index contributed by atoms with van der Waals surface area (Å²) in [5, 5.41) is 4.14. The lowest BCUT2D eigenvalue weighted by Crippen LogP contribution is -2.18. The number of ether oxygens (including phenoxy) is 1. The second kappa shape index (κ2) is 5.74. The van der Waals surface area contributed by atoms with Gasteiger partial charge in [0.2, 0.25) is 0 Å². The fourth-order valence-corrected chi connectivity index (χ4v) is 2.20. The average molecular weight is 254 g/mol. The number of hydrogen-bond acceptors (Lipinski definition) is 2. The molecule has 0 heterocycles. The van der Waals surface area contributed by atoms with Crippen molar-refractivity contribution in [1.29, 1.82) is 0 Å². The molecule has 0 radical (unpaired) electrons. The monoisotopic (exact) mass is 253 g/mol. The molecule has 0 amide bonds. The van der Waals surface area contributed by atoms with E-state index in [0.717, 1.165) is 35.4 Å². The molecular weight excluding hydrogens is 234 g/mol. The third-order valence-electron chi connectivity index (χ3n) is 3.13. The van der Waals surface area contributed by atoms with Gasteiger partial charge in [-0.1, -0.05) is 24.6 Å². The van der Waals surface area contributed by atoms with Crippen LogP contribution in [-0.2, 0) is 0 Å². The lowest BCUT2D eigenvalue weighted by Gasteiger charge is -2.15. The van der Waals surface area contributed by atoms with Gasteiger partial charge in [0.05, 0.1) is 6.61 Å². The van der Waals surface area contributed by atoms with Crippen molar-refractivity contribution in [2.45, 2.75) is 32.7 Å². The van der Waals surface area contributed by atoms with Crippen molar-refractivity contribution in [2.24, 2.45) is 5.92 Å². The van der Waals surface area contributed by atoms with Crippen molar-refractivity contribution in [3.05, 3.63) is 28.8 Å². The molecule has 0 bridgehead atoms. The Morgan fingerprint density at radius 1 is 1.47 bits per heavy atom. The van der Waals surface area contributed by atoms with E-state index in [-0.39, 0.29) is 6.04 Å². The molecule has 1 N–H and O–H groups in total. The Morgan fingerprint density at radius 2 is 2.24 bits per heavy atom. The van der Waals surface area contributed by atoms with Crippen molar-refractivity contribution < 1.29 is 4.74 Å². The molecule has 17 heavy (non-hydrogen) atoms. The lowest BCUT2D eigenvalue weighted by molar-refractivity contribution is 0.299. The van der Waals surface area contributed by atoms with Crippen LogP contribution in [0.4, 0.5) is 0 Å². The molecule has 0 saturated heterocycles. The normalized spacial score (nSPS) is 16.9. The summed E-state index contributed by atoms with van der Waals surface area (Å²) in [6.45, 7) is 5.99.